The summed E-state index contributed by atoms with van der Waals surface area (Å²) in [4.78, 5) is 13.5. The van der Waals surface area contributed by atoms with E-state index in [2.05, 4.69) is 177 Å². The van der Waals surface area contributed by atoms with E-state index in [9.17, 15) is 61.0 Å². The maximum Gasteiger partial charge on any atom is 0.220 e. The Morgan fingerprint density at radius 1 is 0.346 bits per heavy atom. The van der Waals surface area contributed by atoms with Crippen molar-refractivity contribution in [3.63, 3.8) is 0 Å². The smallest absolute Gasteiger partial charge is 0.220 e. The number of nitrogens with one attached hydrogen (secondary N) is 1. The van der Waals surface area contributed by atoms with Crippen molar-refractivity contribution in [2.75, 3.05) is 26.4 Å². The van der Waals surface area contributed by atoms with E-state index in [-0.39, 0.29) is 12.3 Å². The summed E-state index contributed by atoms with van der Waals surface area (Å²) >= 11 is 0. The second kappa shape index (κ2) is 65.8. The van der Waals surface area contributed by atoms with Crippen molar-refractivity contribution in [2.24, 2.45) is 0 Å². The molecule has 1 amide bonds. The SMILES string of the molecule is CC/C=C\C/C=C\C/C=C\C/C=C\C/C=C\C/C=C\C/C=C\C/C=C\C/C=C\C/C=C\C/C=C\CCCCCC(=O)NC(COC1OC(CO)C(OC2OC(CO)C(OC3OC(CO)C(O)C(O)C3O)C(O)C2O)C(O)C1O)C(O)/C=C/CC/C=C/CC/C=C/CCCCCCCCCCCCCCCCC. The lowest BCUT2D eigenvalue weighted by molar-refractivity contribution is -0.379. The number of aliphatic hydroxyl groups excluding tert-OH is 11. The van der Waals surface area contributed by atoms with Crippen molar-refractivity contribution in [2.45, 2.75) is 349 Å². The third-order valence-corrected chi connectivity index (χ3v) is 19.0. The van der Waals surface area contributed by atoms with Crippen LogP contribution in [0.4, 0.5) is 0 Å². The molecule has 0 aliphatic carbocycles. The zero-order valence-electron chi connectivity index (χ0n) is 65.0. The molecule has 3 saturated heterocycles. The number of aliphatic hydroxyl groups is 11. The Labute approximate surface area is 643 Å². The van der Waals surface area contributed by atoms with Gasteiger partial charge in [-0.1, -0.05) is 280 Å². The first kappa shape index (κ1) is 96.3. The summed E-state index contributed by atoms with van der Waals surface area (Å²) in [5, 5.41) is 121. The van der Waals surface area contributed by atoms with Crippen LogP contribution in [0.15, 0.2) is 170 Å². The summed E-state index contributed by atoms with van der Waals surface area (Å²) in [7, 11) is 0. The number of hydrogen-bond acceptors (Lipinski definition) is 18. The molecular formula is C88H143NO18. The standard InChI is InChI=1S/C88H143NO18/c1-3-5-7-9-11-13-15-17-19-21-23-25-27-29-30-31-32-33-34-35-36-37-38-39-40-42-44-46-48-50-52-54-56-58-60-62-64-66-76(94)89-71(72(93)65-63-61-59-57-55-53-51-49-47-45-43-41-28-26-24-22-20-18-16-14-12-10-8-6-4-2)70-102-86-82(100)79(97)84(74(68-91)104-86)107-88-83(101)80(98)85(75(69-92)105-88)106-87-81(99)78(96)77(95)73(67-90)103-87/h5,7,11,13,17,19,23,25,29-30,32-33,35-36,38-39,42,44,47-50,54-57,63,65,71-75,77-88,90-93,95-101H,3-4,6,8-10,12,14-16,18,20-22,24,26-28,31,34,37,40-41,43,45-46,51-53,58-62,64,66-70H2,1-2H3,(H,89,94)/b7-5-,13-11-,19-17-,25-23-,30-29-,33-32-,36-35-,39-38-,44-42-,49-47+,50-48-,56-54-,57-55+,65-63+. The summed E-state index contributed by atoms with van der Waals surface area (Å²) in [5.41, 5.74) is 0. The number of carbonyl (C=O) groups is 1. The first-order valence-corrected chi connectivity index (χ1v) is 40.9. The van der Waals surface area contributed by atoms with Crippen LogP contribution in [0.5, 0.6) is 0 Å². The van der Waals surface area contributed by atoms with E-state index in [0.29, 0.717) is 12.8 Å². The Bertz CT molecular complexity index is 2600. The topological polar surface area (TPSA) is 307 Å². The van der Waals surface area contributed by atoms with Gasteiger partial charge in [-0.2, -0.15) is 0 Å². The number of rotatable bonds is 62. The van der Waals surface area contributed by atoms with E-state index in [1.54, 1.807) is 6.08 Å². The Morgan fingerprint density at radius 3 is 1.05 bits per heavy atom. The largest absolute Gasteiger partial charge is 0.394 e. The first-order valence-electron chi connectivity index (χ1n) is 40.9. The molecule has 3 rings (SSSR count). The average Bonchev–Trinajstić information content (AvgIpc) is 0.781. The van der Waals surface area contributed by atoms with Crippen molar-refractivity contribution in [1.29, 1.82) is 0 Å². The van der Waals surface area contributed by atoms with Crippen LogP contribution in [0.3, 0.4) is 0 Å². The lowest BCUT2D eigenvalue weighted by Crippen LogP contribution is -2.66. The van der Waals surface area contributed by atoms with Gasteiger partial charge in [0.2, 0.25) is 5.91 Å². The molecule has 19 nitrogen and oxygen atoms in total. The van der Waals surface area contributed by atoms with E-state index in [1.165, 1.54) is 96.3 Å². The van der Waals surface area contributed by atoms with Gasteiger partial charge in [-0.25, -0.2) is 0 Å². The molecule has 0 aromatic rings. The van der Waals surface area contributed by atoms with Crippen LogP contribution in [0.2, 0.25) is 0 Å². The van der Waals surface area contributed by atoms with Crippen molar-refractivity contribution < 1.29 is 89.4 Å². The minimum Gasteiger partial charge on any atom is -0.394 e. The molecule has 0 aromatic heterocycles. The second-order valence-corrected chi connectivity index (χ2v) is 28.1. The molecule has 17 unspecified atom stereocenters. The Balaban J connectivity index is 1.41. The van der Waals surface area contributed by atoms with Crippen LogP contribution in [0, 0.1) is 0 Å². The monoisotopic (exact) mass is 1500 g/mol. The highest BCUT2D eigenvalue weighted by atomic mass is 16.8. The molecule has 19 heteroatoms. The lowest BCUT2D eigenvalue weighted by Gasteiger charge is -2.48. The molecule has 12 N–H and O–H groups in total. The lowest BCUT2D eigenvalue weighted by atomic mass is 9.96. The Hall–Kier alpha value is -4.85. The number of amides is 1. The zero-order valence-corrected chi connectivity index (χ0v) is 65.0. The molecule has 0 spiro atoms. The fourth-order valence-electron chi connectivity index (χ4n) is 12.5. The molecule has 0 bridgehead atoms. The first-order chi connectivity index (χ1) is 52.3. The van der Waals surface area contributed by atoms with Gasteiger partial charge in [-0.3, -0.25) is 4.79 Å². The highest BCUT2D eigenvalue weighted by molar-refractivity contribution is 5.76. The number of unbranched alkanes of at least 4 members (excludes halogenated alkanes) is 20. The van der Waals surface area contributed by atoms with Gasteiger partial charge < -0.3 is 89.9 Å². The molecule has 0 radical (unpaired) electrons. The highest BCUT2D eigenvalue weighted by Crippen LogP contribution is 2.33. The minimum absolute atomic E-state index is 0.180. The molecule has 107 heavy (non-hydrogen) atoms. The highest BCUT2D eigenvalue weighted by Gasteiger charge is 2.54. The van der Waals surface area contributed by atoms with E-state index in [0.717, 1.165) is 116 Å². The quantitative estimate of drug-likeness (QED) is 0.0199. The predicted octanol–water partition coefficient (Wildman–Crippen LogP) is 14.2. The van der Waals surface area contributed by atoms with Crippen molar-refractivity contribution >= 4 is 5.91 Å². The number of carbonyl (C=O) groups excluding carboxylic acids is 1. The summed E-state index contributed by atoms with van der Waals surface area (Å²) in [5.74, 6) is -0.328. The summed E-state index contributed by atoms with van der Waals surface area (Å²) in [6.07, 6.45) is 71.9. The van der Waals surface area contributed by atoms with Crippen molar-refractivity contribution in [3.8, 4) is 0 Å². The minimum atomic E-state index is -2.00. The zero-order chi connectivity index (χ0) is 77.4. The van der Waals surface area contributed by atoms with Crippen LogP contribution < -0.4 is 5.32 Å². The molecule has 3 fully saturated rings. The maximum absolute atomic E-state index is 13.5. The maximum atomic E-state index is 13.5. The van der Waals surface area contributed by atoms with E-state index in [4.69, 9.17) is 28.4 Å². The molecule has 17 atom stereocenters. The molecule has 3 heterocycles. The van der Waals surface area contributed by atoms with Gasteiger partial charge in [-0.15, -0.1) is 0 Å². The predicted molar refractivity (Wildman–Crippen MR) is 428 cm³/mol. The van der Waals surface area contributed by atoms with Gasteiger partial charge in [0.25, 0.3) is 0 Å². The van der Waals surface area contributed by atoms with Gasteiger partial charge in [-0.05, 0) is 128 Å². The average molecular weight is 1500 g/mol. The summed E-state index contributed by atoms with van der Waals surface area (Å²) < 4.78 is 34.4. The van der Waals surface area contributed by atoms with Crippen LogP contribution >= 0.6 is 0 Å². The van der Waals surface area contributed by atoms with Gasteiger partial charge >= 0.3 is 0 Å². The molecule has 3 aliphatic rings. The molecular weight excluding hydrogens is 1360 g/mol. The van der Waals surface area contributed by atoms with Gasteiger partial charge in [0.05, 0.1) is 38.6 Å². The van der Waals surface area contributed by atoms with Crippen LogP contribution in [-0.2, 0) is 33.2 Å². The number of hydrogen-bond donors (Lipinski definition) is 12. The van der Waals surface area contributed by atoms with Crippen LogP contribution in [0.25, 0.3) is 0 Å². The van der Waals surface area contributed by atoms with Gasteiger partial charge in [0.1, 0.15) is 73.2 Å². The van der Waals surface area contributed by atoms with Gasteiger partial charge in [0.15, 0.2) is 18.9 Å². The molecule has 0 aromatic carbocycles. The molecule has 0 saturated carbocycles. The Kier molecular flexibility index (Phi) is 59.3. The third kappa shape index (κ3) is 45.3. The fourth-order valence-corrected chi connectivity index (χ4v) is 12.5. The number of ether oxygens (including phenoxy) is 6. The number of allylic oxidation sites excluding steroid dienone is 27. The van der Waals surface area contributed by atoms with Gasteiger partial charge in [0, 0.05) is 6.42 Å². The fraction of sp³-hybridized carbons (Fsp3) is 0.670. The molecule has 3 aliphatic heterocycles. The summed E-state index contributed by atoms with van der Waals surface area (Å²) in [6.45, 7) is 1.56. The van der Waals surface area contributed by atoms with E-state index < -0.39 is 131 Å². The van der Waals surface area contributed by atoms with Crippen LogP contribution in [0.1, 0.15) is 245 Å². The molecule has 608 valence electrons. The second-order valence-electron chi connectivity index (χ2n) is 28.1. The van der Waals surface area contributed by atoms with Crippen molar-refractivity contribution in [3.05, 3.63) is 170 Å². The Morgan fingerprint density at radius 2 is 0.654 bits per heavy atom. The summed E-state index contributed by atoms with van der Waals surface area (Å²) in [6, 6.07) is -1.03. The van der Waals surface area contributed by atoms with E-state index >= 15 is 0 Å². The third-order valence-electron chi connectivity index (χ3n) is 19.0. The normalized spacial score (nSPS) is 26.5. The van der Waals surface area contributed by atoms with E-state index in [1.807, 2.05) is 6.08 Å². The van der Waals surface area contributed by atoms with Crippen LogP contribution in [-0.4, -0.2) is 193 Å². The van der Waals surface area contributed by atoms with Crippen molar-refractivity contribution in [1.82, 2.24) is 5.32 Å².